The maximum absolute atomic E-state index is 12.2. The van der Waals surface area contributed by atoms with Gasteiger partial charge in [-0.05, 0) is 25.7 Å². The molecule has 1 aromatic heterocycles. The van der Waals surface area contributed by atoms with Gasteiger partial charge in [0.1, 0.15) is 16.0 Å². The minimum atomic E-state index is -0.831. The van der Waals surface area contributed by atoms with Gasteiger partial charge in [0.2, 0.25) is 0 Å². The summed E-state index contributed by atoms with van der Waals surface area (Å²) in [6.07, 6.45) is 5.72. The van der Waals surface area contributed by atoms with Crippen LogP contribution in [0.2, 0.25) is 0 Å². The van der Waals surface area contributed by atoms with Crippen LogP contribution in [-0.4, -0.2) is 34.6 Å². The minimum Gasteiger partial charge on any atom is -0.481 e. The van der Waals surface area contributed by atoms with Crippen molar-refractivity contribution in [1.29, 1.82) is 0 Å². The van der Waals surface area contributed by atoms with Crippen LogP contribution >= 0.6 is 11.3 Å². The molecule has 1 aliphatic heterocycles. The average molecular weight is 310 g/mol. The zero-order chi connectivity index (χ0) is 14.8. The Morgan fingerprint density at radius 1 is 1.33 bits per heavy atom. The number of ether oxygens (including phenoxy) is 1. The van der Waals surface area contributed by atoms with Gasteiger partial charge in [0.25, 0.3) is 5.91 Å². The molecule has 1 saturated carbocycles. The molecule has 1 aromatic rings. The second-order valence-corrected chi connectivity index (χ2v) is 6.58. The fraction of sp³-hybridized carbons (Fsp3) is 0.643. The third-order valence-electron chi connectivity index (χ3n) is 4.10. The number of hydrogen-bond donors (Lipinski definition) is 2. The Hall–Kier alpha value is -1.47. The lowest BCUT2D eigenvalue weighted by molar-refractivity contribution is -0.142. The third-order valence-corrected chi connectivity index (χ3v) is 5.19. The van der Waals surface area contributed by atoms with Crippen molar-refractivity contribution in [3.63, 3.8) is 0 Å². The van der Waals surface area contributed by atoms with Crippen LogP contribution in [0.25, 0.3) is 0 Å². The van der Waals surface area contributed by atoms with E-state index in [0.717, 1.165) is 37.3 Å². The van der Waals surface area contributed by atoms with Crippen molar-refractivity contribution in [2.75, 3.05) is 6.61 Å². The van der Waals surface area contributed by atoms with Crippen molar-refractivity contribution in [3.05, 3.63) is 16.1 Å². The van der Waals surface area contributed by atoms with Gasteiger partial charge in [-0.25, -0.2) is 4.98 Å². The third kappa shape index (κ3) is 3.08. The van der Waals surface area contributed by atoms with Crippen LogP contribution in [0.4, 0.5) is 0 Å². The number of rotatable bonds is 4. The highest BCUT2D eigenvalue weighted by Gasteiger charge is 2.34. The molecule has 0 bridgehead atoms. The Morgan fingerprint density at radius 2 is 2.19 bits per heavy atom. The Labute approximate surface area is 126 Å². The number of aromatic nitrogens is 1. The Balaban J connectivity index is 1.64. The number of nitrogens with one attached hydrogen (secondary N) is 1. The second kappa shape index (κ2) is 6.11. The van der Waals surface area contributed by atoms with E-state index >= 15 is 0 Å². The van der Waals surface area contributed by atoms with Gasteiger partial charge >= 0.3 is 5.97 Å². The quantitative estimate of drug-likeness (QED) is 0.887. The molecule has 21 heavy (non-hydrogen) atoms. The molecule has 1 saturated heterocycles. The first-order valence-corrected chi connectivity index (χ1v) is 8.08. The van der Waals surface area contributed by atoms with Gasteiger partial charge < -0.3 is 15.2 Å². The number of thiazole rings is 1. The van der Waals surface area contributed by atoms with Crippen LogP contribution < -0.4 is 5.32 Å². The molecule has 1 unspecified atom stereocenters. The molecule has 114 valence electrons. The largest absolute Gasteiger partial charge is 0.481 e. The molecule has 2 N–H and O–H groups in total. The molecular formula is C14H18N2O4S. The predicted molar refractivity (Wildman–Crippen MR) is 76.3 cm³/mol. The molecule has 2 fully saturated rings. The summed E-state index contributed by atoms with van der Waals surface area (Å²) in [5.41, 5.74) is 0. The first-order valence-electron chi connectivity index (χ1n) is 7.26. The van der Waals surface area contributed by atoms with Gasteiger partial charge in [-0.1, -0.05) is 6.42 Å². The average Bonchev–Trinajstić information content (AvgIpc) is 3.19. The van der Waals surface area contributed by atoms with Crippen molar-refractivity contribution in [1.82, 2.24) is 10.3 Å². The van der Waals surface area contributed by atoms with Gasteiger partial charge in [-0.3, -0.25) is 9.59 Å². The first kappa shape index (κ1) is 14.5. The monoisotopic (exact) mass is 310 g/mol. The van der Waals surface area contributed by atoms with Crippen LogP contribution in [0.3, 0.4) is 0 Å². The highest BCUT2D eigenvalue weighted by Crippen LogP contribution is 2.32. The molecule has 0 spiro atoms. The summed E-state index contributed by atoms with van der Waals surface area (Å²) in [5.74, 6) is -1.53. The van der Waals surface area contributed by atoms with Gasteiger partial charge in [0.05, 0.1) is 12.1 Å². The topological polar surface area (TPSA) is 88.5 Å². The zero-order valence-electron chi connectivity index (χ0n) is 11.6. The number of carbonyl (C=O) groups excluding carboxylic acids is 1. The van der Waals surface area contributed by atoms with Crippen molar-refractivity contribution >= 4 is 23.2 Å². The normalized spacial score (nSPS) is 28.7. The molecule has 0 radical (unpaired) electrons. The maximum Gasteiger partial charge on any atom is 0.308 e. The maximum atomic E-state index is 12.2. The molecule has 3 atom stereocenters. The summed E-state index contributed by atoms with van der Waals surface area (Å²) in [5, 5.41) is 12.8. The van der Waals surface area contributed by atoms with Crippen molar-refractivity contribution in [2.45, 2.75) is 44.2 Å². The molecule has 6 nitrogen and oxygen atoms in total. The van der Waals surface area contributed by atoms with Crippen LogP contribution in [0, 0.1) is 5.92 Å². The molecule has 0 aromatic carbocycles. The van der Waals surface area contributed by atoms with Crippen LogP contribution in [0.5, 0.6) is 0 Å². The number of aliphatic carboxylic acids is 1. The van der Waals surface area contributed by atoms with E-state index in [0.29, 0.717) is 11.3 Å². The van der Waals surface area contributed by atoms with E-state index in [4.69, 9.17) is 9.84 Å². The molecule has 1 amide bonds. The zero-order valence-corrected chi connectivity index (χ0v) is 12.4. The van der Waals surface area contributed by atoms with Crippen LogP contribution in [0.1, 0.15) is 52.9 Å². The number of nitrogens with zero attached hydrogens (tertiary/aromatic N) is 1. The van der Waals surface area contributed by atoms with E-state index in [1.807, 2.05) is 0 Å². The highest BCUT2D eigenvalue weighted by atomic mass is 32.1. The molecule has 3 rings (SSSR count). The number of carbonyl (C=O) groups is 2. The molecule has 1 aliphatic carbocycles. The fourth-order valence-corrected chi connectivity index (χ4v) is 3.89. The van der Waals surface area contributed by atoms with E-state index < -0.39 is 11.9 Å². The van der Waals surface area contributed by atoms with Crippen molar-refractivity contribution in [2.24, 2.45) is 5.92 Å². The van der Waals surface area contributed by atoms with E-state index in [1.54, 1.807) is 6.20 Å². The lowest BCUT2D eigenvalue weighted by atomic mass is 10.0. The van der Waals surface area contributed by atoms with Crippen LogP contribution in [-0.2, 0) is 9.53 Å². The number of amides is 1. The van der Waals surface area contributed by atoms with Gasteiger partial charge in [-0.15, -0.1) is 11.3 Å². The second-order valence-electron chi connectivity index (χ2n) is 5.52. The summed E-state index contributed by atoms with van der Waals surface area (Å²) < 4.78 is 5.55. The summed E-state index contributed by atoms with van der Waals surface area (Å²) >= 11 is 1.34. The Kier molecular flexibility index (Phi) is 4.21. The fourth-order valence-electron chi connectivity index (χ4n) is 2.98. The van der Waals surface area contributed by atoms with Gasteiger partial charge in [-0.2, -0.15) is 0 Å². The lowest BCUT2D eigenvalue weighted by Gasteiger charge is -2.16. The number of hydrogen-bond acceptors (Lipinski definition) is 5. The van der Waals surface area contributed by atoms with Crippen molar-refractivity contribution in [3.8, 4) is 0 Å². The van der Waals surface area contributed by atoms with Gasteiger partial charge in [0, 0.05) is 12.6 Å². The Morgan fingerprint density at radius 3 is 2.90 bits per heavy atom. The van der Waals surface area contributed by atoms with Gasteiger partial charge in [0.15, 0.2) is 0 Å². The van der Waals surface area contributed by atoms with E-state index in [1.165, 1.54) is 11.3 Å². The summed E-state index contributed by atoms with van der Waals surface area (Å²) in [6.45, 7) is 0.744. The summed E-state index contributed by atoms with van der Waals surface area (Å²) in [4.78, 5) is 28.1. The summed E-state index contributed by atoms with van der Waals surface area (Å²) in [7, 11) is 0. The molecule has 2 aliphatic rings. The van der Waals surface area contributed by atoms with E-state index in [-0.39, 0.29) is 18.1 Å². The molecule has 7 heteroatoms. The minimum absolute atomic E-state index is 0.00907. The number of carboxylic acid groups (broad SMARTS) is 1. The van der Waals surface area contributed by atoms with E-state index in [2.05, 4.69) is 10.3 Å². The lowest BCUT2D eigenvalue weighted by Crippen LogP contribution is -2.39. The SMILES string of the molecule is O=C(N[C@H]1CCC[C@H]1C(=O)O)c1cnc(C2CCCO2)s1. The summed E-state index contributed by atoms with van der Waals surface area (Å²) in [6, 6.07) is -0.275. The van der Waals surface area contributed by atoms with E-state index in [9.17, 15) is 9.59 Å². The van der Waals surface area contributed by atoms with Crippen LogP contribution in [0.15, 0.2) is 6.20 Å². The molecular weight excluding hydrogens is 292 g/mol. The van der Waals surface area contributed by atoms with Crippen molar-refractivity contribution < 1.29 is 19.4 Å². The molecule has 2 heterocycles. The standard InChI is InChI=1S/C14H18N2O4S/c17-12(16-9-4-1-3-8(9)14(18)19)11-7-15-13(21-11)10-5-2-6-20-10/h7-10H,1-6H2,(H,16,17)(H,18,19)/t8-,9+,10?/m1/s1. The first-order chi connectivity index (χ1) is 10.1. The smallest absolute Gasteiger partial charge is 0.308 e. The highest BCUT2D eigenvalue weighted by molar-refractivity contribution is 7.13. The Bertz CT molecular complexity index is 539. The predicted octanol–water partition coefficient (Wildman–Crippen LogP) is 1.98. The number of carboxylic acids is 1.